The van der Waals surface area contributed by atoms with Crippen LogP contribution in [0, 0.1) is 0 Å². The highest BCUT2D eigenvalue weighted by atomic mass is 35.5. The highest BCUT2D eigenvalue weighted by Gasteiger charge is 2.15. The van der Waals surface area contributed by atoms with Gasteiger partial charge >= 0.3 is 0 Å². The van der Waals surface area contributed by atoms with Crippen molar-refractivity contribution < 1.29 is 0 Å². The van der Waals surface area contributed by atoms with Crippen LogP contribution in [0.1, 0.15) is 24.5 Å². The van der Waals surface area contributed by atoms with Crippen molar-refractivity contribution in [2.45, 2.75) is 18.8 Å². The molecule has 2 rings (SSSR count). The number of hydrogen-bond donors (Lipinski definition) is 2. The fourth-order valence-electron chi connectivity index (χ4n) is 1.81. The molecule has 86 valence electrons. The summed E-state index contributed by atoms with van der Waals surface area (Å²) in [6.45, 7) is 2.20. The number of rotatable bonds is 1. The van der Waals surface area contributed by atoms with E-state index in [0.717, 1.165) is 24.5 Å². The van der Waals surface area contributed by atoms with Gasteiger partial charge in [-0.1, -0.05) is 0 Å². The number of nitrogen functional groups attached to an aromatic ring is 1. The number of pyridine rings is 1. The highest BCUT2D eigenvalue weighted by Crippen LogP contribution is 2.24. The van der Waals surface area contributed by atoms with Crippen LogP contribution in [0.2, 0.25) is 0 Å². The van der Waals surface area contributed by atoms with Gasteiger partial charge in [-0.25, -0.2) is 0 Å². The van der Waals surface area contributed by atoms with E-state index in [-0.39, 0.29) is 24.8 Å². The minimum Gasteiger partial charge on any atom is -0.399 e. The van der Waals surface area contributed by atoms with E-state index in [0.29, 0.717) is 5.92 Å². The van der Waals surface area contributed by atoms with E-state index < -0.39 is 0 Å². The first-order valence-corrected chi connectivity index (χ1v) is 4.78. The molecule has 1 aliphatic rings. The summed E-state index contributed by atoms with van der Waals surface area (Å²) in [4.78, 5) is 4.36. The fourth-order valence-corrected chi connectivity index (χ4v) is 1.81. The van der Waals surface area contributed by atoms with Crippen molar-refractivity contribution in [1.29, 1.82) is 0 Å². The van der Waals surface area contributed by atoms with Gasteiger partial charge in [-0.2, -0.15) is 0 Å². The SMILES string of the molecule is Cl.Cl.Nc1ccnc(C2CCNCC2)c1. The molecule has 0 saturated carbocycles. The van der Waals surface area contributed by atoms with Gasteiger partial charge < -0.3 is 11.1 Å². The highest BCUT2D eigenvalue weighted by molar-refractivity contribution is 5.85. The smallest absolute Gasteiger partial charge is 0.0455 e. The maximum atomic E-state index is 5.71. The van der Waals surface area contributed by atoms with E-state index in [1.54, 1.807) is 6.20 Å². The summed E-state index contributed by atoms with van der Waals surface area (Å²) in [7, 11) is 0. The Balaban J connectivity index is 0.000000980. The second kappa shape index (κ2) is 6.88. The van der Waals surface area contributed by atoms with Crippen LogP contribution >= 0.6 is 24.8 Å². The number of nitrogens with two attached hydrogens (primary N) is 1. The third kappa shape index (κ3) is 3.86. The van der Waals surface area contributed by atoms with E-state index in [9.17, 15) is 0 Å². The quantitative estimate of drug-likeness (QED) is 0.801. The van der Waals surface area contributed by atoms with Gasteiger partial charge in [0.05, 0.1) is 0 Å². The molecule has 1 fully saturated rings. The summed E-state index contributed by atoms with van der Waals surface area (Å²) in [5.74, 6) is 0.602. The van der Waals surface area contributed by atoms with Crippen molar-refractivity contribution >= 4 is 30.5 Å². The third-order valence-corrected chi connectivity index (χ3v) is 2.56. The molecule has 0 spiro atoms. The molecule has 1 aromatic rings. The van der Waals surface area contributed by atoms with Crippen LogP contribution < -0.4 is 11.1 Å². The lowest BCUT2D eigenvalue weighted by atomic mass is 9.94. The Morgan fingerprint density at radius 2 is 1.93 bits per heavy atom. The van der Waals surface area contributed by atoms with Crippen molar-refractivity contribution in [3.8, 4) is 0 Å². The Morgan fingerprint density at radius 3 is 2.53 bits per heavy atom. The van der Waals surface area contributed by atoms with E-state index >= 15 is 0 Å². The van der Waals surface area contributed by atoms with Crippen LogP contribution in [0.25, 0.3) is 0 Å². The zero-order valence-corrected chi connectivity index (χ0v) is 10.1. The zero-order valence-electron chi connectivity index (χ0n) is 8.48. The minimum absolute atomic E-state index is 0. The number of anilines is 1. The summed E-state index contributed by atoms with van der Waals surface area (Å²) in [6.07, 6.45) is 4.15. The summed E-state index contributed by atoms with van der Waals surface area (Å²) in [5, 5.41) is 3.34. The lowest BCUT2D eigenvalue weighted by Gasteiger charge is -2.22. The molecule has 3 N–H and O–H groups in total. The Labute approximate surface area is 103 Å². The molecule has 0 aliphatic carbocycles. The predicted octanol–water partition coefficient (Wildman–Crippen LogP) is 1.97. The molecule has 0 amide bonds. The van der Waals surface area contributed by atoms with Gasteiger partial charge in [0.15, 0.2) is 0 Å². The van der Waals surface area contributed by atoms with Crippen LogP contribution in [-0.2, 0) is 0 Å². The topological polar surface area (TPSA) is 50.9 Å². The van der Waals surface area contributed by atoms with Crippen molar-refractivity contribution in [1.82, 2.24) is 10.3 Å². The molecule has 1 aliphatic heterocycles. The number of halogens is 2. The number of hydrogen-bond acceptors (Lipinski definition) is 3. The van der Waals surface area contributed by atoms with E-state index in [4.69, 9.17) is 5.73 Å². The van der Waals surface area contributed by atoms with Crippen LogP contribution in [0.3, 0.4) is 0 Å². The first-order valence-electron chi connectivity index (χ1n) is 4.78. The van der Waals surface area contributed by atoms with Crippen molar-refractivity contribution in [2.24, 2.45) is 0 Å². The van der Waals surface area contributed by atoms with Crippen molar-refractivity contribution in [3.05, 3.63) is 24.0 Å². The molecule has 0 atom stereocenters. The Hall–Kier alpha value is -0.510. The van der Waals surface area contributed by atoms with E-state index in [2.05, 4.69) is 10.3 Å². The Morgan fingerprint density at radius 1 is 1.27 bits per heavy atom. The van der Waals surface area contributed by atoms with Gasteiger partial charge in [0.1, 0.15) is 0 Å². The molecular formula is C10H17Cl2N3. The number of nitrogens with zero attached hydrogens (tertiary/aromatic N) is 1. The van der Waals surface area contributed by atoms with Crippen LogP contribution in [0.4, 0.5) is 5.69 Å². The summed E-state index contributed by atoms with van der Waals surface area (Å²) in [6, 6.07) is 3.83. The molecule has 1 aromatic heterocycles. The molecule has 3 nitrogen and oxygen atoms in total. The lowest BCUT2D eigenvalue weighted by Crippen LogP contribution is -2.27. The Bertz CT molecular complexity index is 288. The normalized spacial score (nSPS) is 16.3. The van der Waals surface area contributed by atoms with Crippen LogP contribution in [0.15, 0.2) is 18.3 Å². The molecule has 15 heavy (non-hydrogen) atoms. The van der Waals surface area contributed by atoms with Gasteiger partial charge in [-0.3, -0.25) is 4.98 Å². The van der Waals surface area contributed by atoms with Gasteiger partial charge in [-0.05, 0) is 38.1 Å². The number of piperidine rings is 1. The largest absolute Gasteiger partial charge is 0.399 e. The second-order valence-corrected chi connectivity index (χ2v) is 3.54. The predicted molar refractivity (Wildman–Crippen MR) is 68.0 cm³/mol. The van der Waals surface area contributed by atoms with Gasteiger partial charge in [0, 0.05) is 23.5 Å². The monoisotopic (exact) mass is 249 g/mol. The standard InChI is InChI=1S/C10H15N3.2ClH/c11-9-3-6-13-10(7-9)8-1-4-12-5-2-8;;/h3,6-8,12H,1-2,4-5H2,(H2,11,13);2*1H. The van der Waals surface area contributed by atoms with E-state index in [1.807, 2.05) is 12.1 Å². The number of aromatic nitrogens is 1. The first-order chi connectivity index (χ1) is 6.36. The lowest BCUT2D eigenvalue weighted by molar-refractivity contribution is 0.453. The Kier molecular flexibility index (Phi) is 6.65. The fraction of sp³-hybridized carbons (Fsp3) is 0.500. The molecule has 0 bridgehead atoms. The minimum atomic E-state index is 0. The summed E-state index contributed by atoms with van der Waals surface area (Å²) in [5.41, 5.74) is 7.69. The van der Waals surface area contributed by atoms with Crippen molar-refractivity contribution in [3.63, 3.8) is 0 Å². The molecule has 5 heteroatoms. The van der Waals surface area contributed by atoms with Crippen molar-refractivity contribution in [2.75, 3.05) is 18.8 Å². The third-order valence-electron chi connectivity index (χ3n) is 2.56. The molecule has 1 saturated heterocycles. The van der Waals surface area contributed by atoms with Gasteiger partial charge in [0.2, 0.25) is 0 Å². The molecular weight excluding hydrogens is 233 g/mol. The summed E-state index contributed by atoms with van der Waals surface area (Å²) >= 11 is 0. The average Bonchev–Trinajstić information content (AvgIpc) is 2.19. The van der Waals surface area contributed by atoms with E-state index in [1.165, 1.54) is 12.8 Å². The maximum Gasteiger partial charge on any atom is 0.0455 e. The van der Waals surface area contributed by atoms with Gasteiger partial charge in [-0.15, -0.1) is 24.8 Å². The maximum absolute atomic E-state index is 5.71. The second-order valence-electron chi connectivity index (χ2n) is 3.54. The molecule has 0 aromatic carbocycles. The van der Waals surface area contributed by atoms with Gasteiger partial charge in [0.25, 0.3) is 0 Å². The first kappa shape index (κ1) is 14.5. The summed E-state index contributed by atoms with van der Waals surface area (Å²) < 4.78 is 0. The number of nitrogens with one attached hydrogen (secondary N) is 1. The zero-order chi connectivity index (χ0) is 9.10. The molecule has 0 unspecified atom stereocenters. The molecule has 0 radical (unpaired) electrons. The van der Waals surface area contributed by atoms with Crippen LogP contribution in [0.5, 0.6) is 0 Å². The average molecular weight is 250 g/mol. The molecule has 2 heterocycles. The van der Waals surface area contributed by atoms with Crippen LogP contribution in [-0.4, -0.2) is 18.1 Å².